The molecule has 3 aromatic carbocycles. The van der Waals surface area contributed by atoms with Crippen molar-refractivity contribution in [3.8, 4) is 11.5 Å². The van der Waals surface area contributed by atoms with E-state index < -0.39 is 41.8 Å². The van der Waals surface area contributed by atoms with Gasteiger partial charge in [-0.3, -0.25) is 14.4 Å². The van der Waals surface area contributed by atoms with Crippen LogP contribution in [0, 0.1) is 3.57 Å². The maximum Gasteiger partial charge on any atom is 0.416 e. The van der Waals surface area contributed by atoms with Crippen molar-refractivity contribution in [2.45, 2.75) is 37.4 Å². The molecule has 0 aliphatic heterocycles. The van der Waals surface area contributed by atoms with E-state index in [-0.39, 0.29) is 53.8 Å². The highest BCUT2D eigenvalue weighted by molar-refractivity contribution is 14.1. The van der Waals surface area contributed by atoms with Crippen molar-refractivity contribution in [1.82, 2.24) is 10.2 Å². The number of alkyl halides is 3. The normalized spacial score (nSPS) is 17.8. The van der Waals surface area contributed by atoms with Gasteiger partial charge in [0, 0.05) is 46.3 Å². The summed E-state index contributed by atoms with van der Waals surface area (Å²) in [7, 11) is 1.36. The Bertz CT molecular complexity index is 1670. The summed E-state index contributed by atoms with van der Waals surface area (Å²) in [5.41, 5.74) is -0.266. The third-order valence-electron chi connectivity index (χ3n) is 7.33. The Morgan fingerprint density at radius 3 is 2.43 bits per heavy atom. The molecule has 0 fully saturated rings. The van der Waals surface area contributed by atoms with E-state index in [1.807, 2.05) is 22.6 Å². The number of carbonyl (C=O) groups excluding carboxylic acids is 3. The number of amides is 2. The van der Waals surface area contributed by atoms with E-state index in [4.69, 9.17) is 32.7 Å². The average molecular weight is 807 g/mol. The molecular weight excluding hydrogens is 779 g/mol. The summed E-state index contributed by atoms with van der Waals surface area (Å²) >= 11 is 14.4. The number of hydrogen-bond acceptors (Lipinski definition) is 7. The maximum absolute atomic E-state index is 14.1. The van der Waals surface area contributed by atoms with Crippen LogP contribution in [-0.4, -0.2) is 71.7 Å². The average Bonchev–Trinajstić information content (AvgIpc) is 3.04. The molecule has 3 unspecified atom stereocenters. The molecule has 3 N–H and O–H groups in total. The SMILES string of the molecule is COc1cc(C=O)cc(I)c1OC1C=C(C(=O)NCCO)CC(N(Cc2ccc(Cl)cc2Cl)C(=O)c2ccc(C(F)(F)F)cc2)C1O. The molecule has 2 amide bonds. The molecular formula is C32H28Cl2F3IN2O7. The molecule has 3 atom stereocenters. The minimum absolute atomic E-state index is 0.0810. The van der Waals surface area contributed by atoms with E-state index in [1.54, 1.807) is 6.07 Å². The number of nitrogens with zero attached hydrogens (tertiary/aromatic N) is 1. The van der Waals surface area contributed by atoms with Crippen molar-refractivity contribution in [2.24, 2.45) is 0 Å². The Morgan fingerprint density at radius 2 is 1.83 bits per heavy atom. The van der Waals surface area contributed by atoms with Crippen molar-refractivity contribution >= 4 is 63.9 Å². The highest BCUT2D eigenvalue weighted by Crippen LogP contribution is 2.38. The molecule has 0 spiro atoms. The van der Waals surface area contributed by atoms with E-state index in [2.05, 4.69) is 5.32 Å². The molecule has 0 heterocycles. The molecule has 0 radical (unpaired) electrons. The van der Waals surface area contributed by atoms with Gasteiger partial charge in [-0.15, -0.1) is 0 Å². The van der Waals surface area contributed by atoms with Crippen LogP contribution in [0.2, 0.25) is 10.0 Å². The van der Waals surface area contributed by atoms with Crippen LogP contribution in [0.25, 0.3) is 0 Å². The predicted octanol–water partition coefficient (Wildman–Crippen LogP) is 5.70. The van der Waals surface area contributed by atoms with E-state index in [1.165, 1.54) is 42.4 Å². The van der Waals surface area contributed by atoms with Crippen molar-refractivity contribution < 1.29 is 47.2 Å². The summed E-state index contributed by atoms with van der Waals surface area (Å²) in [6.45, 7) is -0.663. The lowest BCUT2D eigenvalue weighted by Crippen LogP contribution is -2.54. The van der Waals surface area contributed by atoms with E-state index in [0.717, 1.165) is 24.3 Å². The number of aldehydes is 1. The lowest BCUT2D eigenvalue weighted by Gasteiger charge is -2.41. The minimum atomic E-state index is -4.63. The highest BCUT2D eigenvalue weighted by Gasteiger charge is 2.41. The van der Waals surface area contributed by atoms with Gasteiger partial charge in [0.25, 0.3) is 5.91 Å². The van der Waals surface area contributed by atoms with Gasteiger partial charge in [-0.25, -0.2) is 0 Å². The zero-order valence-corrected chi connectivity index (χ0v) is 28.2. The van der Waals surface area contributed by atoms with Gasteiger partial charge < -0.3 is 29.9 Å². The van der Waals surface area contributed by atoms with Crippen LogP contribution < -0.4 is 14.8 Å². The van der Waals surface area contributed by atoms with Crippen molar-refractivity contribution in [1.29, 1.82) is 0 Å². The van der Waals surface area contributed by atoms with E-state index in [0.29, 0.717) is 26.0 Å². The molecule has 15 heteroatoms. The first kappa shape index (κ1) is 36.5. The minimum Gasteiger partial charge on any atom is -0.493 e. The third-order valence-corrected chi connectivity index (χ3v) is 8.72. The van der Waals surface area contributed by atoms with Crippen LogP contribution in [0.4, 0.5) is 13.2 Å². The van der Waals surface area contributed by atoms with Gasteiger partial charge in [0.15, 0.2) is 11.5 Å². The summed E-state index contributed by atoms with van der Waals surface area (Å²) in [4.78, 5) is 39.9. The van der Waals surface area contributed by atoms with E-state index >= 15 is 0 Å². The standard InChI is InChI=1S/C32H28Cl2F3IN2O7/c1-46-27-11-17(16-42)10-24(38)29(27)47-26-13-20(30(44)39-8-9-41)12-25(28(26)43)40(15-19-4-7-22(33)14-23(19)34)31(45)18-2-5-21(6-3-18)32(35,36)37/h2-7,10-11,13-14,16,25-26,28,41,43H,8-9,12,15H2,1H3,(H,39,44). The number of carbonyl (C=O) groups is 3. The second-order valence-electron chi connectivity index (χ2n) is 10.4. The smallest absolute Gasteiger partial charge is 0.416 e. The summed E-state index contributed by atoms with van der Waals surface area (Å²) < 4.78 is 51.9. The zero-order chi connectivity index (χ0) is 34.5. The van der Waals surface area contributed by atoms with Crippen molar-refractivity contribution in [2.75, 3.05) is 20.3 Å². The number of ether oxygens (including phenoxy) is 2. The molecule has 47 heavy (non-hydrogen) atoms. The van der Waals surface area contributed by atoms with Crippen LogP contribution in [0.15, 0.2) is 66.2 Å². The van der Waals surface area contributed by atoms with Crippen LogP contribution in [0.5, 0.6) is 11.5 Å². The number of aliphatic hydroxyl groups is 2. The van der Waals surface area contributed by atoms with Crippen LogP contribution in [-0.2, 0) is 17.5 Å². The van der Waals surface area contributed by atoms with Crippen LogP contribution in [0.1, 0.15) is 38.3 Å². The second-order valence-corrected chi connectivity index (χ2v) is 12.4. The first-order valence-electron chi connectivity index (χ1n) is 14.0. The fraction of sp³-hybridized carbons (Fsp3) is 0.281. The largest absolute Gasteiger partial charge is 0.493 e. The summed E-state index contributed by atoms with van der Waals surface area (Å²) in [5.74, 6) is -1.05. The molecule has 0 aromatic heterocycles. The Kier molecular flexibility index (Phi) is 12.2. The fourth-order valence-electron chi connectivity index (χ4n) is 4.98. The van der Waals surface area contributed by atoms with Gasteiger partial charge in [0.1, 0.15) is 18.5 Å². The topological polar surface area (TPSA) is 125 Å². The first-order valence-corrected chi connectivity index (χ1v) is 15.8. The highest BCUT2D eigenvalue weighted by atomic mass is 127. The van der Waals surface area contributed by atoms with Crippen molar-refractivity contribution in [3.63, 3.8) is 0 Å². The Labute approximate surface area is 291 Å². The molecule has 0 saturated carbocycles. The Morgan fingerprint density at radius 1 is 1.13 bits per heavy atom. The molecule has 4 rings (SSSR count). The molecule has 1 aliphatic carbocycles. The molecule has 250 valence electrons. The summed E-state index contributed by atoms with van der Waals surface area (Å²) in [6, 6.07) is 9.92. The number of benzene rings is 3. The number of hydrogen-bond donors (Lipinski definition) is 3. The van der Waals surface area contributed by atoms with Gasteiger partial charge in [0.05, 0.1) is 28.9 Å². The van der Waals surface area contributed by atoms with Gasteiger partial charge in [-0.1, -0.05) is 29.3 Å². The first-order chi connectivity index (χ1) is 22.3. The number of nitrogens with one attached hydrogen (secondary N) is 1. The molecule has 0 saturated heterocycles. The third kappa shape index (κ3) is 8.76. The molecule has 3 aromatic rings. The quantitative estimate of drug-likeness (QED) is 0.168. The summed E-state index contributed by atoms with van der Waals surface area (Å²) in [5, 5.41) is 24.1. The summed E-state index contributed by atoms with van der Waals surface area (Å²) in [6.07, 6.45) is -5.60. The number of halogens is 6. The Balaban J connectivity index is 1.81. The van der Waals surface area contributed by atoms with Crippen molar-refractivity contribution in [3.05, 3.63) is 102 Å². The molecule has 9 nitrogen and oxygen atoms in total. The van der Waals surface area contributed by atoms with Crippen LogP contribution >= 0.6 is 45.8 Å². The molecule has 0 bridgehead atoms. The van der Waals surface area contributed by atoms with Gasteiger partial charge in [-0.2, -0.15) is 13.2 Å². The molecule has 1 aliphatic rings. The second kappa shape index (κ2) is 15.7. The van der Waals surface area contributed by atoms with Crippen LogP contribution in [0.3, 0.4) is 0 Å². The van der Waals surface area contributed by atoms with E-state index in [9.17, 15) is 37.8 Å². The van der Waals surface area contributed by atoms with Gasteiger partial charge >= 0.3 is 6.18 Å². The zero-order valence-electron chi connectivity index (χ0n) is 24.6. The fourth-order valence-corrected chi connectivity index (χ4v) is 6.20. The monoisotopic (exact) mass is 806 g/mol. The lowest BCUT2D eigenvalue weighted by molar-refractivity contribution is -0.137. The predicted molar refractivity (Wildman–Crippen MR) is 176 cm³/mol. The number of methoxy groups -OCH3 is 1. The Hall–Kier alpha value is -3.37. The lowest BCUT2D eigenvalue weighted by atomic mass is 9.87. The number of aliphatic hydroxyl groups excluding tert-OH is 2. The number of rotatable bonds is 11. The van der Waals surface area contributed by atoms with Gasteiger partial charge in [0.2, 0.25) is 5.91 Å². The van der Waals surface area contributed by atoms with Gasteiger partial charge in [-0.05, 0) is 82.8 Å². The maximum atomic E-state index is 14.1.